The van der Waals surface area contributed by atoms with E-state index < -0.39 is 20.8 Å². The van der Waals surface area contributed by atoms with E-state index >= 15 is 0 Å². The predicted molar refractivity (Wildman–Crippen MR) is 65.0 cm³/mol. The van der Waals surface area contributed by atoms with Crippen molar-refractivity contribution in [1.29, 1.82) is 0 Å². The Kier molecular flexibility index (Phi) is 5.60. The predicted octanol–water partition coefficient (Wildman–Crippen LogP) is 4.64. The van der Waals surface area contributed by atoms with Crippen molar-refractivity contribution in [1.82, 2.24) is 0 Å². The molecule has 0 atom stereocenters. The minimum absolute atomic E-state index is 0.826. The molecule has 0 aliphatic heterocycles. The van der Waals surface area contributed by atoms with Gasteiger partial charge in [-0.1, -0.05) is 23.8 Å². The van der Waals surface area contributed by atoms with Crippen LogP contribution in [0.5, 0.6) is 0 Å². The Balaban J connectivity index is 0.000000337. The maximum absolute atomic E-state index is 4.93. The Morgan fingerprint density at radius 2 is 1.60 bits per heavy atom. The summed E-state index contributed by atoms with van der Waals surface area (Å²) in [5.41, 5.74) is 7.33. The van der Waals surface area contributed by atoms with Gasteiger partial charge < -0.3 is 0 Å². The summed E-state index contributed by atoms with van der Waals surface area (Å²) in [4.78, 5) is 0. The molecule has 1 aromatic rings. The molecule has 2 rings (SSSR count). The molecule has 0 fully saturated rings. The minimum atomic E-state index is -0.826. The number of fused-ring (bicyclic) bond motifs is 1. The van der Waals surface area contributed by atoms with E-state index in [1.54, 1.807) is 0 Å². The number of rotatable bonds is 0. The van der Waals surface area contributed by atoms with E-state index in [2.05, 4.69) is 39.0 Å². The summed E-state index contributed by atoms with van der Waals surface area (Å²) >= 11 is -0.826. The third-order valence-corrected chi connectivity index (χ3v) is 2.66. The Labute approximate surface area is 110 Å². The summed E-state index contributed by atoms with van der Waals surface area (Å²) < 4.78 is 0. The summed E-state index contributed by atoms with van der Waals surface area (Å²) in [6, 6.07) is 4.43. The molecule has 15 heavy (non-hydrogen) atoms. The second-order valence-corrected chi connectivity index (χ2v) is 7.56. The second kappa shape index (κ2) is 6.23. The number of hydrogen-bond donors (Lipinski definition) is 0. The van der Waals surface area contributed by atoms with Gasteiger partial charge in [0.2, 0.25) is 0 Å². The molecule has 0 amide bonds. The van der Waals surface area contributed by atoms with Crippen molar-refractivity contribution in [3.05, 3.63) is 40.0 Å². The van der Waals surface area contributed by atoms with Crippen LogP contribution in [0, 0.1) is 13.8 Å². The van der Waals surface area contributed by atoms with Gasteiger partial charge in [0.1, 0.15) is 0 Å². The molecule has 0 N–H and O–H groups in total. The first-order valence-corrected chi connectivity index (χ1v) is 11.2. The molecule has 0 saturated heterocycles. The molecular formula is C12H14Cl2Zr. The van der Waals surface area contributed by atoms with Gasteiger partial charge in [0, 0.05) is 0 Å². The van der Waals surface area contributed by atoms with Gasteiger partial charge in [0.15, 0.2) is 0 Å². The van der Waals surface area contributed by atoms with Crippen LogP contribution in [0.3, 0.4) is 0 Å². The number of aryl methyl sites for hydroxylation is 2. The van der Waals surface area contributed by atoms with E-state index in [9.17, 15) is 0 Å². The van der Waals surface area contributed by atoms with E-state index in [1.807, 2.05) is 0 Å². The summed E-state index contributed by atoms with van der Waals surface area (Å²) in [5.74, 6) is 0. The molecular weight excluding hydrogens is 306 g/mol. The molecule has 0 aromatic heterocycles. The molecule has 1 aliphatic rings. The van der Waals surface area contributed by atoms with Crippen LogP contribution in [0.2, 0.25) is 0 Å². The van der Waals surface area contributed by atoms with Gasteiger partial charge in [-0.15, -0.1) is 0 Å². The Morgan fingerprint density at radius 3 is 2.13 bits per heavy atom. The zero-order valence-electron chi connectivity index (χ0n) is 9.20. The molecule has 3 heteroatoms. The fourth-order valence-corrected chi connectivity index (χ4v) is 1.90. The van der Waals surface area contributed by atoms with Gasteiger partial charge in [0.25, 0.3) is 0 Å². The maximum atomic E-state index is 4.93. The van der Waals surface area contributed by atoms with Crippen molar-refractivity contribution in [2.45, 2.75) is 27.2 Å². The Hall–Kier alpha value is 0.423. The third-order valence-electron chi connectivity index (χ3n) is 2.66. The van der Waals surface area contributed by atoms with Crippen molar-refractivity contribution < 1.29 is 20.8 Å². The number of allylic oxidation sites excluding steroid dienone is 1. The van der Waals surface area contributed by atoms with E-state index in [0.29, 0.717) is 0 Å². The zero-order valence-corrected chi connectivity index (χ0v) is 13.2. The first kappa shape index (κ1) is 13.5. The van der Waals surface area contributed by atoms with E-state index in [4.69, 9.17) is 17.0 Å². The molecule has 1 aromatic carbocycles. The molecule has 0 spiro atoms. The molecule has 0 saturated carbocycles. The van der Waals surface area contributed by atoms with Crippen LogP contribution in [-0.4, -0.2) is 0 Å². The van der Waals surface area contributed by atoms with Gasteiger partial charge in [-0.2, -0.15) is 0 Å². The molecule has 1 aliphatic carbocycles. The molecule has 0 unspecified atom stereocenters. The standard InChI is InChI=1S/C12H14.2ClH.Zr/c1-8-6-11-9(2)4-5-10(3)12(11)7-8;;;/h4-6H,7H2,1-3H3;2*1H;/q;;;+2/p-2. The summed E-state index contributed by atoms with van der Waals surface area (Å²) in [6.07, 6.45) is 3.47. The van der Waals surface area contributed by atoms with Crippen LogP contribution in [0.25, 0.3) is 6.08 Å². The summed E-state index contributed by atoms with van der Waals surface area (Å²) in [5, 5.41) is 0. The molecule has 0 heterocycles. The van der Waals surface area contributed by atoms with Crippen molar-refractivity contribution in [2.24, 2.45) is 0 Å². The Morgan fingerprint density at radius 1 is 1.07 bits per heavy atom. The third kappa shape index (κ3) is 3.44. The van der Waals surface area contributed by atoms with Crippen LogP contribution >= 0.6 is 17.0 Å². The fraction of sp³-hybridized carbons (Fsp3) is 0.333. The summed E-state index contributed by atoms with van der Waals surface area (Å²) in [7, 11) is 9.87. The van der Waals surface area contributed by atoms with E-state index in [-0.39, 0.29) is 0 Å². The van der Waals surface area contributed by atoms with Crippen molar-refractivity contribution in [3.63, 3.8) is 0 Å². The van der Waals surface area contributed by atoms with Crippen LogP contribution in [-0.2, 0) is 27.3 Å². The second-order valence-electron chi connectivity index (χ2n) is 3.83. The first-order chi connectivity index (χ1) is 7.10. The molecule has 0 radical (unpaired) electrons. The van der Waals surface area contributed by atoms with E-state index in [1.165, 1.54) is 27.8 Å². The molecule has 0 bridgehead atoms. The SMILES string of the molecule is CC1=Cc2c(C)ccc(C)c2C1.[Cl][Zr][Cl]. The van der Waals surface area contributed by atoms with Crippen molar-refractivity contribution >= 4 is 23.1 Å². The van der Waals surface area contributed by atoms with Gasteiger partial charge in [-0.3, -0.25) is 0 Å². The van der Waals surface area contributed by atoms with Crippen molar-refractivity contribution in [2.75, 3.05) is 0 Å². The average molecular weight is 320 g/mol. The van der Waals surface area contributed by atoms with Gasteiger partial charge in [0.05, 0.1) is 0 Å². The van der Waals surface area contributed by atoms with Crippen molar-refractivity contribution in [3.8, 4) is 0 Å². The van der Waals surface area contributed by atoms with Crippen LogP contribution in [0.1, 0.15) is 29.2 Å². The fourth-order valence-electron chi connectivity index (χ4n) is 1.90. The average Bonchev–Trinajstić information content (AvgIpc) is 2.56. The zero-order chi connectivity index (χ0) is 11.4. The van der Waals surface area contributed by atoms with Gasteiger partial charge in [-0.05, 0) is 49.4 Å². The van der Waals surface area contributed by atoms with Crippen LogP contribution in [0.15, 0.2) is 17.7 Å². The van der Waals surface area contributed by atoms with Gasteiger partial charge >= 0.3 is 37.9 Å². The number of halogens is 2. The molecule has 0 nitrogen and oxygen atoms in total. The quantitative estimate of drug-likeness (QED) is 0.653. The van der Waals surface area contributed by atoms with E-state index in [0.717, 1.165) is 6.42 Å². The first-order valence-electron chi connectivity index (χ1n) is 4.82. The Bertz CT molecular complexity index is 383. The number of hydrogen-bond acceptors (Lipinski definition) is 0. The van der Waals surface area contributed by atoms with Gasteiger partial charge in [-0.25, -0.2) is 0 Å². The van der Waals surface area contributed by atoms with Crippen LogP contribution in [0.4, 0.5) is 0 Å². The van der Waals surface area contributed by atoms with Crippen LogP contribution < -0.4 is 0 Å². The monoisotopic (exact) mass is 318 g/mol. The topological polar surface area (TPSA) is 0 Å². The normalized spacial score (nSPS) is 12.5. The number of benzene rings is 1. The summed E-state index contributed by atoms with van der Waals surface area (Å²) in [6.45, 7) is 6.59. The molecule has 80 valence electrons.